The van der Waals surface area contributed by atoms with Crippen LogP contribution in [0.1, 0.15) is 38.1 Å². The highest BCUT2D eigenvalue weighted by molar-refractivity contribution is 6.28. The van der Waals surface area contributed by atoms with Crippen LogP contribution in [-0.2, 0) is 0 Å². The van der Waals surface area contributed by atoms with Crippen LogP contribution in [0.3, 0.4) is 0 Å². The summed E-state index contributed by atoms with van der Waals surface area (Å²) in [5, 5.41) is 6.87. The zero-order valence-electron chi connectivity index (χ0n) is 19.9. The highest BCUT2D eigenvalue weighted by Crippen LogP contribution is 2.30. The minimum atomic E-state index is -0.0855. The number of benzene rings is 3. The van der Waals surface area contributed by atoms with Gasteiger partial charge in [0.25, 0.3) is 0 Å². The summed E-state index contributed by atoms with van der Waals surface area (Å²) in [6.45, 7) is 7.75. The maximum Gasteiger partial charge on any atom is 0.196 e. The number of anilines is 2. The van der Waals surface area contributed by atoms with Crippen molar-refractivity contribution in [2.45, 2.75) is 27.7 Å². The lowest BCUT2D eigenvalue weighted by molar-refractivity contribution is 0.103. The summed E-state index contributed by atoms with van der Waals surface area (Å²) in [6, 6.07) is 24.9. The summed E-state index contributed by atoms with van der Waals surface area (Å²) >= 11 is 0. The molecule has 2 N–H and O–H groups in total. The molecule has 0 spiro atoms. The van der Waals surface area contributed by atoms with Gasteiger partial charge in [-0.25, -0.2) is 0 Å². The highest BCUT2D eigenvalue weighted by Gasteiger charge is 2.20. The summed E-state index contributed by atoms with van der Waals surface area (Å²) in [6.07, 6.45) is 2.00. The Kier molecular flexibility index (Phi) is 6.83. The van der Waals surface area contributed by atoms with Crippen molar-refractivity contribution in [3.8, 4) is 0 Å². The normalized spacial score (nSPS) is 17.9. The van der Waals surface area contributed by atoms with Gasteiger partial charge < -0.3 is 10.6 Å². The van der Waals surface area contributed by atoms with Gasteiger partial charge in [-0.05, 0) is 58.0 Å². The SMILES string of the molecule is CC1=Nc2ccccc2N/C(C)=C(/C(=O)c2ccccc2)C(C)=Nc2ccccc2N/C(C)=C\1. The van der Waals surface area contributed by atoms with Crippen LogP contribution in [0.25, 0.3) is 0 Å². The summed E-state index contributed by atoms with van der Waals surface area (Å²) in [7, 11) is 0. The van der Waals surface area contributed by atoms with Crippen molar-refractivity contribution in [3.05, 3.63) is 107 Å². The lowest BCUT2D eigenvalue weighted by Gasteiger charge is -2.17. The van der Waals surface area contributed by atoms with E-state index < -0.39 is 0 Å². The Morgan fingerprint density at radius 2 is 1.24 bits per heavy atom. The summed E-state index contributed by atoms with van der Waals surface area (Å²) in [5.41, 5.74) is 7.51. The molecule has 0 saturated heterocycles. The Morgan fingerprint density at radius 3 is 1.91 bits per heavy atom. The van der Waals surface area contributed by atoms with Crippen molar-refractivity contribution in [2.75, 3.05) is 10.6 Å². The number of fused-ring (bicyclic) bond motifs is 2. The minimum absolute atomic E-state index is 0.0855. The van der Waals surface area contributed by atoms with E-state index >= 15 is 0 Å². The average Bonchev–Trinajstić information content (AvgIpc) is 2.81. The first-order chi connectivity index (χ1) is 16.4. The fourth-order valence-corrected chi connectivity index (χ4v) is 3.98. The van der Waals surface area contributed by atoms with Gasteiger partial charge in [0.1, 0.15) is 0 Å². The Hall–Kier alpha value is -4.25. The van der Waals surface area contributed by atoms with E-state index in [0.717, 1.165) is 34.2 Å². The number of para-hydroxylation sites is 4. The second-order valence-corrected chi connectivity index (χ2v) is 8.26. The number of aliphatic imine (C=N–C) groups is 2. The molecule has 170 valence electrons. The van der Waals surface area contributed by atoms with Gasteiger partial charge in [0.2, 0.25) is 0 Å². The van der Waals surface area contributed by atoms with Crippen LogP contribution in [0, 0.1) is 0 Å². The molecule has 0 atom stereocenters. The molecule has 3 aromatic rings. The van der Waals surface area contributed by atoms with E-state index in [0.29, 0.717) is 22.5 Å². The molecule has 1 aliphatic heterocycles. The number of Topliss-reactive ketones (excluding diaryl/α,β-unsaturated/α-hetero) is 1. The Bertz CT molecular complexity index is 1350. The average molecular weight is 449 g/mol. The van der Waals surface area contributed by atoms with Crippen LogP contribution in [0.2, 0.25) is 0 Å². The van der Waals surface area contributed by atoms with E-state index in [1.165, 1.54) is 0 Å². The first kappa shape index (κ1) is 22.9. The van der Waals surface area contributed by atoms with Crippen molar-refractivity contribution in [3.63, 3.8) is 0 Å². The van der Waals surface area contributed by atoms with Gasteiger partial charge in [-0.2, -0.15) is 0 Å². The van der Waals surface area contributed by atoms with Crippen LogP contribution in [0.4, 0.5) is 22.7 Å². The van der Waals surface area contributed by atoms with E-state index in [1.54, 1.807) is 0 Å². The largest absolute Gasteiger partial charge is 0.357 e. The number of hydrogen-bond donors (Lipinski definition) is 2. The molecule has 0 bridgehead atoms. The number of rotatable bonds is 2. The predicted octanol–water partition coefficient (Wildman–Crippen LogP) is 7.47. The molecule has 0 radical (unpaired) electrons. The van der Waals surface area contributed by atoms with Crippen LogP contribution in [0.15, 0.2) is 112 Å². The molecular weight excluding hydrogens is 420 g/mol. The zero-order valence-corrected chi connectivity index (χ0v) is 19.9. The second kappa shape index (κ2) is 10.1. The fourth-order valence-electron chi connectivity index (χ4n) is 3.98. The molecule has 0 aliphatic carbocycles. The van der Waals surface area contributed by atoms with Crippen molar-refractivity contribution in [1.29, 1.82) is 0 Å². The summed E-state index contributed by atoms with van der Waals surface area (Å²) in [5.74, 6) is -0.0855. The van der Waals surface area contributed by atoms with Crippen molar-refractivity contribution in [2.24, 2.45) is 9.98 Å². The quantitative estimate of drug-likeness (QED) is 0.400. The standard InChI is InChI=1S/C29H28N4O/c1-19-18-20(2)31-25-15-9-11-17-27(25)33-22(4)28(29(34)23-12-6-5-7-13-23)21(3)32-26-16-10-8-14-24(26)30-19/h5-18,30,33H,1-4H3/b19-18-,28-22+,31-20?,32-21?. The van der Waals surface area contributed by atoms with Gasteiger partial charge in [0, 0.05) is 22.7 Å². The van der Waals surface area contributed by atoms with Crippen LogP contribution in [0.5, 0.6) is 0 Å². The number of allylic oxidation sites excluding steroid dienone is 4. The Morgan fingerprint density at radius 1 is 0.676 bits per heavy atom. The number of nitrogens with zero attached hydrogens (tertiary/aromatic N) is 2. The molecule has 0 amide bonds. The predicted molar refractivity (Wildman–Crippen MR) is 143 cm³/mol. The van der Waals surface area contributed by atoms with E-state index in [9.17, 15) is 4.79 Å². The number of nitrogens with one attached hydrogen (secondary N) is 2. The maximum absolute atomic E-state index is 13.7. The molecule has 4 rings (SSSR count). The van der Waals surface area contributed by atoms with Gasteiger partial charge >= 0.3 is 0 Å². The van der Waals surface area contributed by atoms with Crippen molar-refractivity contribution >= 4 is 40.0 Å². The number of carbonyl (C=O) groups is 1. The van der Waals surface area contributed by atoms with Gasteiger partial charge in [0.05, 0.1) is 34.0 Å². The molecule has 0 unspecified atom stereocenters. The van der Waals surface area contributed by atoms with Crippen LogP contribution in [-0.4, -0.2) is 17.2 Å². The third kappa shape index (κ3) is 5.21. The lowest BCUT2D eigenvalue weighted by atomic mass is 9.98. The molecule has 3 aromatic carbocycles. The highest BCUT2D eigenvalue weighted by atomic mass is 16.1. The first-order valence-electron chi connectivity index (χ1n) is 11.2. The number of hydrogen-bond acceptors (Lipinski definition) is 5. The molecule has 0 aromatic heterocycles. The second-order valence-electron chi connectivity index (χ2n) is 8.26. The minimum Gasteiger partial charge on any atom is -0.357 e. The topological polar surface area (TPSA) is 65.8 Å². The Labute approximate surface area is 200 Å². The van der Waals surface area contributed by atoms with E-state index in [4.69, 9.17) is 9.98 Å². The maximum atomic E-state index is 13.7. The van der Waals surface area contributed by atoms with E-state index in [2.05, 4.69) is 10.6 Å². The molecular formula is C29H28N4O. The summed E-state index contributed by atoms with van der Waals surface area (Å²) in [4.78, 5) is 23.4. The fraction of sp³-hybridized carbons (Fsp3) is 0.138. The van der Waals surface area contributed by atoms with Crippen molar-refractivity contribution in [1.82, 2.24) is 0 Å². The van der Waals surface area contributed by atoms with Crippen molar-refractivity contribution < 1.29 is 4.79 Å². The van der Waals surface area contributed by atoms with Gasteiger partial charge in [0.15, 0.2) is 5.78 Å². The summed E-state index contributed by atoms with van der Waals surface area (Å²) < 4.78 is 0. The third-order valence-corrected chi connectivity index (χ3v) is 5.47. The molecule has 1 heterocycles. The van der Waals surface area contributed by atoms with Crippen LogP contribution >= 0.6 is 0 Å². The molecule has 5 nitrogen and oxygen atoms in total. The zero-order chi connectivity index (χ0) is 24.1. The monoisotopic (exact) mass is 448 g/mol. The molecule has 0 saturated carbocycles. The van der Waals surface area contributed by atoms with E-state index in [-0.39, 0.29) is 5.78 Å². The smallest absolute Gasteiger partial charge is 0.196 e. The lowest BCUT2D eigenvalue weighted by Crippen LogP contribution is -2.16. The molecule has 0 fully saturated rings. The van der Waals surface area contributed by atoms with E-state index in [1.807, 2.05) is 113 Å². The third-order valence-electron chi connectivity index (χ3n) is 5.47. The Balaban J connectivity index is 1.95. The molecule has 1 aliphatic rings. The van der Waals surface area contributed by atoms with Gasteiger partial charge in [-0.1, -0.05) is 54.6 Å². The molecule has 5 heteroatoms. The van der Waals surface area contributed by atoms with Gasteiger partial charge in [-0.15, -0.1) is 0 Å². The number of ketones is 1. The molecule has 34 heavy (non-hydrogen) atoms. The van der Waals surface area contributed by atoms with Gasteiger partial charge in [-0.3, -0.25) is 14.8 Å². The van der Waals surface area contributed by atoms with Crippen LogP contribution < -0.4 is 10.6 Å². The number of carbonyl (C=O) groups excluding carboxylic acids is 1. The first-order valence-corrected chi connectivity index (χ1v) is 11.2.